The van der Waals surface area contributed by atoms with Gasteiger partial charge in [0, 0.05) is 11.8 Å². The quantitative estimate of drug-likeness (QED) is 0.659. The summed E-state index contributed by atoms with van der Waals surface area (Å²) in [5.74, 6) is 4.77. The molecule has 0 N–H and O–H groups in total. The fourth-order valence-corrected chi connectivity index (χ4v) is 6.99. The van der Waals surface area contributed by atoms with E-state index in [0.29, 0.717) is 22.7 Å². The summed E-state index contributed by atoms with van der Waals surface area (Å²) in [5.41, 5.74) is 4.26. The summed E-state index contributed by atoms with van der Waals surface area (Å²) in [6.07, 6.45) is 10.5. The Balaban J connectivity index is 1.41. The Hall–Kier alpha value is -1.05. The molecule has 0 saturated heterocycles. The third kappa shape index (κ3) is 1.95. The maximum Gasteiger partial charge on any atom is 0.244 e. The van der Waals surface area contributed by atoms with Gasteiger partial charge in [0.15, 0.2) is 0 Å². The molecule has 2 heteroatoms. The van der Waals surface area contributed by atoms with Gasteiger partial charge in [-0.15, -0.1) is 0 Å². The van der Waals surface area contributed by atoms with Crippen molar-refractivity contribution in [2.75, 3.05) is 13.1 Å². The molecule has 7 aliphatic rings. The zero-order valence-corrected chi connectivity index (χ0v) is 16.9. The van der Waals surface area contributed by atoms with Gasteiger partial charge in [0.25, 0.3) is 0 Å². The third-order valence-corrected chi connectivity index (χ3v) is 9.25. The highest BCUT2D eigenvalue weighted by molar-refractivity contribution is 5.56. The van der Waals surface area contributed by atoms with Gasteiger partial charge in [-0.3, -0.25) is 0 Å². The first-order chi connectivity index (χ1) is 11.7. The predicted octanol–water partition coefficient (Wildman–Crippen LogP) is 4.73. The van der Waals surface area contributed by atoms with Gasteiger partial charge < -0.3 is 0 Å². The normalized spacial score (nSPS) is 45.8. The summed E-state index contributed by atoms with van der Waals surface area (Å²) < 4.78 is 2.58. The van der Waals surface area contributed by atoms with Crippen molar-refractivity contribution in [3.63, 3.8) is 0 Å². The first kappa shape index (κ1) is 16.1. The van der Waals surface area contributed by atoms with E-state index in [9.17, 15) is 0 Å². The van der Waals surface area contributed by atoms with Crippen molar-refractivity contribution in [3.05, 3.63) is 23.5 Å². The molecule has 6 aliphatic carbocycles. The van der Waals surface area contributed by atoms with Crippen molar-refractivity contribution in [1.29, 1.82) is 0 Å². The minimum Gasteiger partial charge on any atom is -0.234 e. The molecule has 0 amide bonds. The third-order valence-electron chi connectivity index (χ3n) is 9.25. The molecule has 2 saturated carbocycles. The second kappa shape index (κ2) is 4.81. The van der Waals surface area contributed by atoms with Gasteiger partial charge in [-0.1, -0.05) is 41.5 Å². The van der Waals surface area contributed by atoms with E-state index < -0.39 is 0 Å². The topological polar surface area (TPSA) is 6.25 Å². The predicted molar refractivity (Wildman–Crippen MR) is 103 cm³/mol. The van der Waals surface area contributed by atoms with E-state index in [1.165, 1.54) is 25.9 Å². The van der Waals surface area contributed by atoms with Gasteiger partial charge in [-0.05, 0) is 59.5 Å². The van der Waals surface area contributed by atoms with Crippen molar-refractivity contribution < 1.29 is 4.58 Å². The highest BCUT2D eigenvalue weighted by Crippen LogP contribution is 2.61. The molecular formula is C23H35N2+. The van der Waals surface area contributed by atoms with Crippen LogP contribution in [0.25, 0.3) is 0 Å². The van der Waals surface area contributed by atoms with Crippen LogP contribution in [0.2, 0.25) is 0 Å². The average Bonchev–Trinajstić information content (AvgIpc) is 3.03. The highest BCUT2D eigenvalue weighted by Gasteiger charge is 2.56. The van der Waals surface area contributed by atoms with E-state index in [1.807, 2.05) is 0 Å². The first-order valence-electron chi connectivity index (χ1n) is 10.5. The number of hydrogen-bond donors (Lipinski definition) is 0. The zero-order valence-electron chi connectivity index (χ0n) is 16.9. The molecule has 2 fully saturated rings. The summed E-state index contributed by atoms with van der Waals surface area (Å²) >= 11 is 0. The molecular weight excluding hydrogens is 304 g/mol. The summed E-state index contributed by atoms with van der Waals surface area (Å²) in [5, 5.41) is 0. The van der Waals surface area contributed by atoms with E-state index in [4.69, 9.17) is 0 Å². The molecule has 6 unspecified atom stereocenters. The van der Waals surface area contributed by atoms with Gasteiger partial charge in [-0.2, -0.15) is 0 Å². The van der Waals surface area contributed by atoms with Crippen LogP contribution in [0.1, 0.15) is 54.4 Å². The van der Waals surface area contributed by atoms with Crippen LogP contribution in [0.4, 0.5) is 0 Å². The maximum absolute atomic E-state index is 2.62. The minimum absolute atomic E-state index is 0.523. The van der Waals surface area contributed by atoms with Crippen LogP contribution >= 0.6 is 0 Å². The zero-order chi connectivity index (χ0) is 17.7. The molecule has 0 aromatic rings. The number of allylic oxidation sites excluding steroid dienone is 4. The van der Waals surface area contributed by atoms with Crippen LogP contribution in [0.15, 0.2) is 23.5 Å². The van der Waals surface area contributed by atoms with Gasteiger partial charge >= 0.3 is 0 Å². The minimum atomic E-state index is 0.523. The van der Waals surface area contributed by atoms with Crippen LogP contribution in [-0.4, -0.2) is 28.9 Å². The lowest BCUT2D eigenvalue weighted by Gasteiger charge is -2.57. The summed E-state index contributed by atoms with van der Waals surface area (Å²) in [6.45, 7) is 17.1. The molecule has 136 valence electrons. The molecule has 7 rings (SSSR count). The largest absolute Gasteiger partial charge is 0.244 e. The molecule has 0 radical (unpaired) electrons. The van der Waals surface area contributed by atoms with Crippen molar-refractivity contribution in [3.8, 4) is 0 Å². The molecule has 6 atom stereocenters. The Labute approximate surface area is 153 Å². The molecule has 0 aromatic carbocycles. The lowest BCUT2D eigenvalue weighted by atomic mass is 9.47. The average molecular weight is 340 g/mol. The molecule has 0 aromatic heterocycles. The van der Waals surface area contributed by atoms with E-state index in [-0.39, 0.29) is 0 Å². The number of hydrogen-bond acceptors (Lipinski definition) is 1. The Morgan fingerprint density at radius 3 is 2.08 bits per heavy atom. The summed E-state index contributed by atoms with van der Waals surface area (Å²) in [7, 11) is 0. The molecule has 4 bridgehead atoms. The SMILES string of the molecule is CC1C(N2C=[N+](C3=CC4CC(C3C)C4(C)C)CC2)=CC2CC1C2(C)C. The van der Waals surface area contributed by atoms with Crippen LogP contribution in [0, 0.1) is 46.3 Å². The second-order valence-corrected chi connectivity index (χ2v) is 10.8. The van der Waals surface area contributed by atoms with E-state index in [2.05, 4.69) is 69.5 Å². The molecule has 0 spiro atoms. The maximum atomic E-state index is 2.62. The standard InChI is InChI=1S/C23H35N2/c1-14-18-9-16(22(18,3)4)11-20(14)24-7-8-25(13-24)21-12-17-10-19(15(21)2)23(17,5)6/h11-19H,7-10H2,1-6H3/q+1. The summed E-state index contributed by atoms with van der Waals surface area (Å²) in [6, 6.07) is 0. The van der Waals surface area contributed by atoms with Crippen LogP contribution < -0.4 is 0 Å². The van der Waals surface area contributed by atoms with Gasteiger partial charge in [0.05, 0.1) is 0 Å². The van der Waals surface area contributed by atoms with Gasteiger partial charge in [0.2, 0.25) is 6.34 Å². The van der Waals surface area contributed by atoms with Crippen LogP contribution in [0.3, 0.4) is 0 Å². The van der Waals surface area contributed by atoms with Crippen molar-refractivity contribution in [1.82, 2.24) is 4.90 Å². The Morgan fingerprint density at radius 1 is 0.920 bits per heavy atom. The first-order valence-corrected chi connectivity index (χ1v) is 10.5. The van der Waals surface area contributed by atoms with Crippen molar-refractivity contribution in [2.45, 2.75) is 54.4 Å². The molecule has 2 nitrogen and oxygen atoms in total. The number of rotatable bonds is 2. The van der Waals surface area contributed by atoms with Gasteiger partial charge in [0.1, 0.15) is 24.5 Å². The second-order valence-electron chi connectivity index (χ2n) is 10.8. The Morgan fingerprint density at radius 2 is 1.52 bits per heavy atom. The molecule has 1 heterocycles. The van der Waals surface area contributed by atoms with E-state index in [0.717, 1.165) is 23.7 Å². The smallest absolute Gasteiger partial charge is 0.234 e. The fraction of sp³-hybridized carbons (Fsp3) is 0.783. The lowest BCUT2D eigenvalue weighted by Crippen LogP contribution is -2.52. The monoisotopic (exact) mass is 339 g/mol. The highest BCUT2D eigenvalue weighted by atomic mass is 15.3. The number of fused-ring (bicyclic) bond motifs is 2. The molecule has 1 aliphatic heterocycles. The van der Waals surface area contributed by atoms with Crippen LogP contribution in [0.5, 0.6) is 0 Å². The Kier molecular flexibility index (Phi) is 3.11. The Bertz CT molecular complexity index is 708. The van der Waals surface area contributed by atoms with Crippen LogP contribution in [-0.2, 0) is 0 Å². The summed E-state index contributed by atoms with van der Waals surface area (Å²) in [4.78, 5) is 2.58. The van der Waals surface area contributed by atoms with Crippen molar-refractivity contribution in [2.24, 2.45) is 46.3 Å². The van der Waals surface area contributed by atoms with Crippen molar-refractivity contribution >= 4 is 6.34 Å². The van der Waals surface area contributed by atoms with E-state index in [1.54, 1.807) is 11.4 Å². The number of nitrogens with zero attached hydrogens (tertiary/aromatic N) is 2. The van der Waals surface area contributed by atoms with Gasteiger partial charge in [-0.25, -0.2) is 9.48 Å². The lowest BCUT2D eigenvalue weighted by molar-refractivity contribution is -0.475. The fourth-order valence-electron chi connectivity index (χ4n) is 6.99. The molecule has 25 heavy (non-hydrogen) atoms. The van der Waals surface area contributed by atoms with E-state index >= 15 is 0 Å².